The third kappa shape index (κ3) is 5.78. The fourth-order valence-electron chi connectivity index (χ4n) is 3.03. The number of rotatable bonds is 9. The molecule has 0 atom stereocenters. The number of pyridine rings is 1. The number of nitrogens with zero attached hydrogens (tertiary/aromatic N) is 5. The van der Waals surface area contributed by atoms with Gasteiger partial charge in [0.25, 0.3) is 5.70 Å². The van der Waals surface area contributed by atoms with Gasteiger partial charge in [0.2, 0.25) is 0 Å². The molecule has 0 amide bonds. The van der Waals surface area contributed by atoms with Crippen LogP contribution in [0.1, 0.15) is 12.5 Å². The van der Waals surface area contributed by atoms with Gasteiger partial charge in [-0.15, -0.1) is 0 Å². The van der Waals surface area contributed by atoms with Gasteiger partial charge in [-0.25, -0.2) is 4.98 Å². The van der Waals surface area contributed by atoms with Crippen molar-refractivity contribution in [3.05, 3.63) is 50.7 Å². The van der Waals surface area contributed by atoms with Crippen LogP contribution >= 0.6 is 11.6 Å². The molecule has 1 aromatic heterocycles. The average molecular weight is 414 g/mol. The summed E-state index contributed by atoms with van der Waals surface area (Å²) in [4.78, 5) is 32.4. The number of ether oxygens (including phenoxy) is 1. The van der Waals surface area contributed by atoms with E-state index in [4.69, 9.17) is 21.4 Å². The molecule has 0 aliphatic carbocycles. The second-order valence-electron chi connectivity index (χ2n) is 6.30. The number of hydrogen-bond acceptors (Lipinski definition) is 9. The minimum Gasteiger partial charge on any atom is -0.462 e. The molecule has 0 unspecified atom stereocenters. The van der Waals surface area contributed by atoms with Gasteiger partial charge in [-0.3, -0.25) is 19.8 Å². The fraction of sp³-hybridized carbons (Fsp3) is 0.529. The van der Waals surface area contributed by atoms with Gasteiger partial charge < -0.3 is 19.6 Å². The molecule has 1 aliphatic rings. The van der Waals surface area contributed by atoms with Crippen LogP contribution in [0.3, 0.4) is 0 Å². The number of aliphatic hydroxyl groups is 1. The number of nitro groups is 1. The largest absolute Gasteiger partial charge is 0.462 e. The summed E-state index contributed by atoms with van der Waals surface area (Å²) >= 11 is 5.82. The van der Waals surface area contributed by atoms with Gasteiger partial charge in [-0.1, -0.05) is 17.7 Å². The molecule has 0 aromatic carbocycles. The first-order valence-electron chi connectivity index (χ1n) is 8.78. The standard InChI is InChI=1S/C17H24ClN5O5/c1-3-22(9-13-4-5-15(18)19-8-13)17-14(23(26)27)10-21(12-20(17)2)11-16(25)28-7-6-24/h4-5,8,24H,3,6-7,9-12H2,1-2H3. The molecule has 0 bridgehead atoms. The van der Waals surface area contributed by atoms with Gasteiger partial charge in [0.05, 0.1) is 31.3 Å². The van der Waals surface area contributed by atoms with Crippen molar-refractivity contribution in [1.29, 1.82) is 0 Å². The Hall–Kier alpha value is -2.43. The van der Waals surface area contributed by atoms with E-state index in [1.807, 2.05) is 17.9 Å². The first-order chi connectivity index (χ1) is 13.3. The van der Waals surface area contributed by atoms with E-state index in [1.165, 1.54) is 0 Å². The molecule has 10 nitrogen and oxygen atoms in total. The summed E-state index contributed by atoms with van der Waals surface area (Å²) in [6, 6.07) is 3.51. The molecule has 2 heterocycles. The lowest BCUT2D eigenvalue weighted by Gasteiger charge is -2.39. The maximum Gasteiger partial charge on any atom is 0.320 e. The molecule has 0 spiro atoms. The maximum atomic E-state index is 11.8. The first kappa shape index (κ1) is 21.9. The lowest BCUT2D eigenvalue weighted by Crippen LogP contribution is -2.49. The highest BCUT2D eigenvalue weighted by Crippen LogP contribution is 2.23. The Morgan fingerprint density at radius 3 is 2.82 bits per heavy atom. The van der Waals surface area contributed by atoms with Gasteiger partial charge in [0.1, 0.15) is 11.8 Å². The van der Waals surface area contributed by atoms with E-state index < -0.39 is 10.9 Å². The number of carbonyl (C=O) groups is 1. The molecule has 0 radical (unpaired) electrons. The van der Waals surface area contributed by atoms with Crippen LogP contribution in [0.25, 0.3) is 0 Å². The summed E-state index contributed by atoms with van der Waals surface area (Å²) in [5.74, 6) is -0.0318. The highest BCUT2D eigenvalue weighted by molar-refractivity contribution is 6.29. The van der Waals surface area contributed by atoms with Gasteiger partial charge >= 0.3 is 5.97 Å². The zero-order chi connectivity index (χ0) is 20.7. The van der Waals surface area contributed by atoms with Crippen molar-refractivity contribution in [2.45, 2.75) is 13.5 Å². The van der Waals surface area contributed by atoms with E-state index in [1.54, 1.807) is 29.1 Å². The van der Waals surface area contributed by atoms with Crippen LogP contribution in [0, 0.1) is 10.1 Å². The third-order valence-electron chi connectivity index (χ3n) is 4.18. The summed E-state index contributed by atoms with van der Waals surface area (Å²) in [5, 5.41) is 20.8. The molecule has 0 saturated heterocycles. The average Bonchev–Trinajstić information content (AvgIpc) is 2.66. The van der Waals surface area contributed by atoms with Gasteiger partial charge in [-0.05, 0) is 18.6 Å². The second-order valence-corrected chi connectivity index (χ2v) is 6.69. The second kappa shape index (κ2) is 10.2. The first-order valence-corrected chi connectivity index (χ1v) is 9.16. The van der Waals surface area contributed by atoms with E-state index in [9.17, 15) is 14.9 Å². The van der Waals surface area contributed by atoms with Crippen LogP contribution < -0.4 is 0 Å². The van der Waals surface area contributed by atoms with Crippen molar-refractivity contribution in [2.75, 3.05) is 46.6 Å². The lowest BCUT2D eigenvalue weighted by atomic mass is 10.2. The van der Waals surface area contributed by atoms with Crippen molar-refractivity contribution in [2.24, 2.45) is 0 Å². The molecule has 1 aliphatic heterocycles. The minimum atomic E-state index is -0.534. The quantitative estimate of drug-likeness (QED) is 0.271. The van der Waals surface area contributed by atoms with Crippen LogP contribution in [0.4, 0.5) is 0 Å². The number of aliphatic hydroxyl groups excluding tert-OH is 1. The third-order valence-corrected chi connectivity index (χ3v) is 4.40. The highest BCUT2D eigenvalue weighted by atomic mass is 35.5. The summed E-state index contributed by atoms with van der Waals surface area (Å²) in [7, 11) is 1.74. The fourth-order valence-corrected chi connectivity index (χ4v) is 3.15. The number of aromatic nitrogens is 1. The number of carbonyl (C=O) groups excluding carboxylic acids is 1. The van der Waals surface area contributed by atoms with E-state index in [-0.39, 0.29) is 32.0 Å². The zero-order valence-electron chi connectivity index (χ0n) is 15.9. The summed E-state index contributed by atoms with van der Waals surface area (Å²) in [5.41, 5.74) is 0.886. The Labute approximate surface area is 168 Å². The van der Waals surface area contributed by atoms with Gasteiger partial charge in [0.15, 0.2) is 5.82 Å². The van der Waals surface area contributed by atoms with Crippen molar-refractivity contribution >= 4 is 17.6 Å². The van der Waals surface area contributed by atoms with E-state index in [2.05, 4.69) is 4.98 Å². The van der Waals surface area contributed by atoms with Crippen LogP contribution in [0.2, 0.25) is 5.15 Å². The predicted octanol–water partition coefficient (Wildman–Crippen LogP) is 0.743. The summed E-state index contributed by atoms with van der Waals surface area (Å²) < 4.78 is 4.85. The Kier molecular flexibility index (Phi) is 7.97. The van der Waals surface area contributed by atoms with Crippen molar-refractivity contribution in [3.8, 4) is 0 Å². The zero-order valence-corrected chi connectivity index (χ0v) is 16.6. The maximum absolute atomic E-state index is 11.8. The van der Waals surface area contributed by atoms with Crippen molar-refractivity contribution in [1.82, 2.24) is 19.7 Å². The predicted molar refractivity (Wildman–Crippen MR) is 102 cm³/mol. The molecule has 0 saturated carbocycles. The van der Waals surface area contributed by atoms with E-state index in [0.717, 1.165) is 5.56 Å². The van der Waals surface area contributed by atoms with Gasteiger partial charge in [-0.2, -0.15) is 0 Å². The molecular formula is C17H24ClN5O5. The SMILES string of the molecule is CCN(Cc1ccc(Cl)nc1)C1=C([N+](=O)[O-])CN(CC(=O)OCCO)CN1C. The Morgan fingerprint density at radius 1 is 1.50 bits per heavy atom. The molecule has 1 N–H and O–H groups in total. The molecule has 11 heteroatoms. The normalized spacial score (nSPS) is 14.9. The van der Waals surface area contributed by atoms with Crippen molar-refractivity contribution in [3.63, 3.8) is 0 Å². The molecule has 2 rings (SSSR count). The monoisotopic (exact) mass is 413 g/mol. The van der Waals surface area contributed by atoms with E-state index in [0.29, 0.717) is 30.7 Å². The van der Waals surface area contributed by atoms with Crippen LogP contribution in [-0.4, -0.2) is 82.2 Å². The molecular weight excluding hydrogens is 390 g/mol. The minimum absolute atomic E-state index is 0.00693. The summed E-state index contributed by atoms with van der Waals surface area (Å²) in [6.07, 6.45) is 1.64. The molecule has 0 fully saturated rings. The van der Waals surface area contributed by atoms with Crippen LogP contribution in [-0.2, 0) is 16.1 Å². The Bertz CT molecular complexity index is 727. The van der Waals surface area contributed by atoms with Crippen molar-refractivity contribution < 1.29 is 19.6 Å². The van der Waals surface area contributed by atoms with Crippen LogP contribution in [0.15, 0.2) is 29.8 Å². The Morgan fingerprint density at radius 2 is 2.25 bits per heavy atom. The number of esters is 1. The number of halogens is 1. The topological polar surface area (TPSA) is 112 Å². The number of hydrogen-bond donors (Lipinski definition) is 1. The van der Waals surface area contributed by atoms with Gasteiger partial charge in [0, 0.05) is 26.3 Å². The molecule has 28 heavy (non-hydrogen) atoms. The highest BCUT2D eigenvalue weighted by Gasteiger charge is 2.34. The van der Waals surface area contributed by atoms with Crippen LogP contribution in [0.5, 0.6) is 0 Å². The van der Waals surface area contributed by atoms with E-state index >= 15 is 0 Å². The lowest BCUT2D eigenvalue weighted by molar-refractivity contribution is -0.433. The Balaban J connectivity index is 2.20. The molecule has 1 aromatic rings. The smallest absolute Gasteiger partial charge is 0.320 e. The molecule has 154 valence electrons. The summed E-state index contributed by atoms with van der Waals surface area (Å²) in [6.45, 7) is 2.80.